The van der Waals surface area contributed by atoms with Gasteiger partial charge in [-0.3, -0.25) is 0 Å². The van der Waals surface area contributed by atoms with E-state index in [0.29, 0.717) is 18.6 Å². The average Bonchev–Trinajstić information content (AvgIpc) is 2.80. The fraction of sp³-hybridized carbons (Fsp3) is 0.812. The maximum absolute atomic E-state index is 5.31. The molecule has 1 N–H and O–H groups in total. The lowest BCUT2D eigenvalue weighted by Gasteiger charge is -2.24. The molecule has 0 bridgehead atoms. The van der Waals surface area contributed by atoms with Crippen LogP contribution in [0.3, 0.4) is 0 Å². The largest absolute Gasteiger partial charge is 0.378 e. The highest BCUT2D eigenvalue weighted by atomic mass is 32.1. The Balaban J connectivity index is 2.10. The van der Waals surface area contributed by atoms with Crippen molar-refractivity contribution in [2.45, 2.75) is 71.6 Å². The standard InChI is InChI=1S/C16H28N2OS/c1-11(2)17-9-15-14(10-19-4)18-16(20-15)13-7-5-6-12(3)8-13/h11-13,17H,5-10H2,1-4H3. The van der Waals surface area contributed by atoms with E-state index in [1.807, 2.05) is 11.3 Å². The molecule has 0 aromatic carbocycles. The molecular weight excluding hydrogens is 268 g/mol. The minimum absolute atomic E-state index is 0.505. The number of rotatable bonds is 6. The SMILES string of the molecule is COCc1nc(C2CCCC(C)C2)sc1CNC(C)C. The van der Waals surface area contributed by atoms with Crippen LogP contribution < -0.4 is 5.32 Å². The number of methoxy groups -OCH3 is 1. The summed E-state index contributed by atoms with van der Waals surface area (Å²) in [5.74, 6) is 1.52. The summed E-state index contributed by atoms with van der Waals surface area (Å²) in [4.78, 5) is 6.24. The lowest BCUT2D eigenvalue weighted by atomic mass is 9.83. The summed E-state index contributed by atoms with van der Waals surface area (Å²) in [5.41, 5.74) is 1.14. The normalized spacial score (nSPS) is 23.4. The molecule has 0 radical (unpaired) electrons. The van der Waals surface area contributed by atoms with Gasteiger partial charge in [0.15, 0.2) is 0 Å². The van der Waals surface area contributed by atoms with Crippen LogP contribution in [0.4, 0.5) is 0 Å². The van der Waals surface area contributed by atoms with Gasteiger partial charge >= 0.3 is 0 Å². The van der Waals surface area contributed by atoms with Crippen molar-refractivity contribution in [3.63, 3.8) is 0 Å². The fourth-order valence-corrected chi connectivity index (χ4v) is 4.09. The first kappa shape index (κ1) is 15.9. The van der Waals surface area contributed by atoms with E-state index in [9.17, 15) is 0 Å². The van der Waals surface area contributed by atoms with E-state index in [-0.39, 0.29) is 0 Å². The first-order valence-corrected chi connectivity index (χ1v) is 8.62. The van der Waals surface area contributed by atoms with Crippen LogP contribution >= 0.6 is 11.3 Å². The molecule has 1 aliphatic carbocycles. The number of nitrogens with zero attached hydrogens (tertiary/aromatic N) is 1. The van der Waals surface area contributed by atoms with Crippen LogP contribution in [-0.2, 0) is 17.9 Å². The molecule has 20 heavy (non-hydrogen) atoms. The van der Waals surface area contributed by atoms with Crippen LogP contribution in [0.2, 0.25) is 0 Å². The average molecular weight is 296 g/mol. The Labute approximate surface area is 127 Å². The number of nitrogens with one attached hydrogen (secondary N) is 1. The van der Waals surface area contributed by atoms with Gasteiger partial charge in [-0.1, -0.05) is 33.6 Å². The summed E-state index contributed by atoms with van der Waals surface area (Å²) in [6.07, 6.45) is 5.34. The summed E-state index contributed by atoms with van der Waals surface area (Å²) >= 11 is 1.90. The molecule has 0 aliphatic heterocycles. The van der Waals surface area contributed by atoms with Crippen molar-refractivity contribution < 1.29 is 4.74 Å². The molecular formula is C16H28N2OS. The van der Waals surface area contributed by atoms with Crippen LogP contribution in [0.1, 0.15) is 68.0 Å². The highest BCUT2D eigenvalue weighted by Crippen LogP contribution is 2.38. The van der Waals surface area contributed by atoms with Crippen LogP contribution in [0, 0.1) is 5.92 Å². The smallest absolute Gasteiger partial charge is 0.0963 e. The molecule has 1 aliphatic rings. The highest BCUT2D eigenvalue weighted by molar-refractivity contribution is 7.11. The number of thiazole rings is 1. The third kappa shape index (κ3) is 4.27. The molecule has 1 fully saturated rings. The fourth-order valence-electron chi connectivity index (χ4n) is 2.92. The summed E-state index contributed by atoms with van der Waals surface area (Å²) in [6.45, 7) is 8.28. The van der Waals surface area contributed by atoms with Gasteiger partial charge in [-0.15, -0.1) is 11.3 Å². The number of hydrogen-bond acceptors (Lipinski definition) is 4. The Bertz CT molecular complexity index is 417. The van der Waals surface area contributed by atoms with Gasteiger partial charge in [-0.2, -0.15) is 0 Å². The molecule has 1 aromatic rings. The van der Waals surface area contributed by atoms with E-state index in [1.165, 1.54) is 35.6 Å². The third-order valence-corrected chi connectivity index (χ3v) is 5.29. The van der Waals surface area contributed by atoms with E-state index >= 15 is 0 Å². The van der Waals surface area contributed by atoms with E-state index < -0.39 is 0 Å². The second-order valence-corrected chi connectivity index (χ2v) is 7.47. The van der Waals surface area contributed by atoms with Crippen molar-refractivity contribution in [3.8, 4) is 0 Å². The Morgan fingerprint density at radius 2 is 2.20 bits per heavy atom. The lowest BCUT2D eigenvalue weighted by molar-refractivity contribution is 0.181. The molecule has 2 unspecified atom stereocenters. The van der Waals surface area contributed by atoms with E-state index in [1.54, 1.807) is 7.11 Å². The molecule has 0 spiro atoms. The van der Waals surface area contributed by atoms with Crippen molar-refractivity contribution in [1.82, 2.24) is 10.3 Å². The van der Waals surface area contributed by atoms with Crippen molar-refractivity contribution in [2.24, 2.45) is 5.92 Å². The van der Waals surface area contributed by atoms with E-state index in [0.717, 1.165) is 18.2 Å². The predicted octanol–water partition coefficient (Wildman–Crippen LogP) is 4.08. The van der Waals surface area contributed by atoms with Crippen LogP contribution in [0.15, 0.2) is 0 Å². The quantitative estimate of drug-likeness (QED) is 0.859. The number of hydrogen-bond donors (Lipinski definition) is 1. The van der Waals surface area contributed by atoms with Crippen molar-refractivity contribution in [3.05, 3.63) is 15.6 Å². The lowest BCUT2D eigenvalue weighted by Crippen LogP contribution is -2.21. The second kappa shape index (κ2) is 7.53. The van der Waals surface area contributed by atoms with E-state index in [4.69, 9.17) is 9.72 Å². The van der Waals surface area contributed by atoms with Gasteiger partial charge in [0, 0.05) is 30.5 Å². The van der Waals surface area contributed by atoms with Gasteiger partial charge in [0.25, 0.3) is 0 Å². The Morgan fingerprint density at radius 3 is 2.85 bits per heavy atom. The van der Waals surface area contributed by atoms with Crippen molar-refractivity contribution in [2.75, 3.05) is 7.11 Å². The summed E-state index contributed by atoms with van der Waals surface area (Å²) in [7, 11) is 1.75. The Hall–Kier alpha value is -0.450. The van der Waals surface area contributed by atoms with Crippen molar-refractivity contribution in [1.29, 1.82) is 0 Å². The molecule has 114 valence electrons. The molecule has 1 heterocycles. The summed E-state index contributed by atoms with van der Waals surface area (Å²) < 4.78 is 5.31. The Morgan fingerprint density at radius 1 is 1.40 bits per heavy atom. The van der Waals surface area contributed by atoms with Gasteiger partial charge < -0.3 is 10.1 Å². The Kier molecular flexibility index (Phi) is 6.00. The topological polar surface area (TPSA) is 34.1 Å². The monoisotopic (exact) mass is 296 g/mol. The zero-order chi connectivity index (χ0) is 14.5. The molecule has 1 aromatic heterocycles. The predicted molar refractivity (Wildman–Crippen MR) is 85.2 cm³/mol. The number of ether oxygens (including phenoxy) is 1. The van der Waals surface area contributed by atoms with Crippen LogP contribution in [-0.4, -0.2) is 18.1 Å². The van der Waals surface area contributed by atoms with Gasteiger partial charge in [0.05, 0.1) is 17.3 Å². The molecule has 0 saturated heterocycles. The maximum Gasteiger partial charge on any atom is 0.0963 e. The van der Waals surface area contributed by atoms with E-state index in [2.05, 4.69) is 26.1 Å². The highest BCUT2D eigenvalue weighted by Gasteiger charge is 2.24. The molecule has 1 saturated carbocycles. The summed E-state index contributed by atoms with van der Waals surface area (Å²) in [6, 6.07) is 0.505. The molecule has 2 rings (SSSR count). The molecule has 4 heteroatoms. The zero-order valence-electron chi connectivity index (χ0n) is 13.2. The first-order valence-electron chi connectivity index (χ1n) is 7.81. The minimum atomic E-state index is 0.505. The van der Waals surface area contributed by atoms with Crippen LogP contribution in [0.25, 0.3) is 0 Å². The molecule has 0 amide bonds. The molecule has 2 atom stereocenters. The first-order chi connectivity index (χ1) is 9.60. The van der Waals surface area contributed by atoms with Crippen molar-refractivity contribution >= 4 is 11.3 Å². The van der Waals surface area contributed by atoms with Gasteiger partial charge in [-0.05, 0) is 18.8 Å². The third-order valence-electron chi connectivity index (χ3n) is 4.03. The van der Waals surface area contributed by atoms with Crippen LogP contribution in [0.5, 0.6) is 0 Å². The summed E-state index contributed by atoms with van der Waals surface area (Å²) in [5, 5.41) is 4.84. The number of aromatic nitrogens is 1. The second-order valence-electron chi connectivity index (χ2n) is 6.36. The van der Waals surface area contributed by atoms with Gasteiger partial charge in [-0.25, -0.2) is 4.98 Å². The zero-order valence-corrected chi connectivity index (χ0v) is 14.1. The minimum Gasteiger partial charge on any atom is -0.378 e. The maximum atomic E-state index is 5.31. The molecule has 3 nitrogen and oxygen atoms in total. The van der Waals surface area contributed by atoms with Gasteiger partial charge in [0.2, 0.25) is 0 Å². The van der Waals surface area contributed by atoms with Gasteiger partial charge in [0.1, 0.15) is 0 Å².